The van der Waals surface area contributed by atoms with Crippen molar-refractivity contribution in [3.8, 4) is 0 Å². The van der Waals surface area contributed by atoms with Gasteiger partial charge in [-0.3, -0.25) is 19.4 Å². The average Bonchev–Trinajstić information content (AvgIpc) is 3.33. The molecular formula is C29H35Cl2F2N3O3. The lowest BCUT2D eigenvalue weighted by atomic mass is 9.87. The van der Waals surface area contributed by atoms with Gasteiger partial charge in [0.15, 0.2) is 0 Å². The van der Waals surface area contributed by atoms with Gasteiger partial charge in [0.1, 0.15) is 17.7 Å². The fourth-order valence-corrected chi connectivity index (χ4v) is 6.09. The van der Waals surface area contributed by atoms with Gasteiger partial charge in [-0.05, 0) is 50.1 Å². The molecule has 2 aromatic rings. The molecule has 3 atom stereocenters. The third kappa shape index (κ3) is 6.73. The summed E-state index contributed by atoms with van der Waals surface area (Å²) in [6.45, 7) is 8.99. The first-order chi connectivity index (χ1) is 18.4. The fraction of sp³-hybridized carbons (Fsp3) is 0.517. The lowest BCUT2D eigenvalue weighted by Gasteiger charge is -2.39. The maximum absolute atomic E-state index is 14.8. The van der Waals surface area contributed by atoms with Crippen LogP contribution in [0.15, 0.2) is 36.4 Å². The number of methoxy groups -OCH3 is 1. The Labute approximate surface area is 238 Å². The molecule has 212 valence electrons. The minimum Gasteiger partial charge on any atom is -0.468 e. The van der Waals surface area contributed by atoms with Gasteiger partial charge in [0.25, 0.3) is 0 Å². The van der Waals surface area contributed by atoms with Crippen LogP contribution in [0.1, 0.15) is 37.8 Å². The number of amides is 1. The minimum atomic E-state index is -0.638. The second-order valence-corrected chi connectivity index (χ2v) is 12.1. The van der Waals surface area contributed by atoms with E-state index in [0.29, 0.717) is 61.3 Å². The number of ether oxygens (including phenoxy) is 1. The van der Waals surface area contributed by atoms with Crippen molar-refractivity contribution in [1.82, 2.24) is 14.7 Å². The van der Waals surface area contributed by atoms with Crippen molar-refractivity contribution in [2.24, 2.45) is 5.92 Å². The fourth-order valence-electron chi connectivity index (χ4n) is 5.60. The number of piperazine rings is 1. The van der Waals surface area contributed by atoms with E-state index in [1.807, 2.05) is 4.90 Å². The van der Waals surface area contributed by atoms with Crippen molar-refractivity contribution >= 4 is 35.1 Å². The molecule has 4 rings (SSSR count). The number of benzene rings is 2. The summed E-state index contributed by atoms with van der Waals surface area (Å²) < 4.78 is 33.6. The number of halogens is 4. The van der Waals surface area contributed by atoms with Crippen LogP contribution in [0.2, 0.25) is 10.0 Å². The number of nitrogens with zero attached hydrogens (tertiary/aromatic N) is 3. The van der Waals surface area contributed by atoms with E-state index >= 15 is 0 Å². The van der Waals surface area contributed by atoms with Crippen molar-refractivity contribution in [2.45, 2.75) is 44.7 Å². The van der Waals surface area contributed by atoms with Crippen LogP contribution in [0.3, 0.4) is 0 Å². The molecule has 10 heteroatoms. The third-order valence-corrected chi connectivity index (χ3v) is 8.50. The summed E-state index contributed by atoms with van der Waals surface area (Å²) >= 11 is 12.4. The summed E-state index contributed by atoms with van der Waals surface area (Å²) in [5.41, 5.74) is 0.942. The van der Waals surface area contributed by atoms with Gasteiger partial charge in [0, 0.05) is 73.3 Å². The minimum absolute atomic E-state index is 0.0505. The second kappa shape index (κ2) is 12.1. The van der Waals surface area contributed by atoms with Gasteiger partial charge in [-0.25, -0.2) is 8.78 Å². The maximum atomic E-state index is 14.8. The van der Waals surface area contributed by atoms with E-state index < -0.39 is 23.6 Å². The van der Waals surface area contributed by atoms with Gasteiger partial charge >= 0.3 is 5.97 Å². The SMILES string of the molecule is COC(=O)[C@H](Cc1ccc(Cl)cc1Cl)N1CCN(C(=O)[C@@H]2CN(C(C)(C)C)C[C@H]2c2ccc(F)cc2F)CC1. The number of likely N-dealkylation sites (tertiary alicyclic amines) is 1. The molecule has 0 aliphatic carbocycles. The molecule has 0 unspecified atom stereocenters. The molecule has 2 fully saturated rings. The molecule has 0 aromatic heterocycles. The van der Waals surface area contributed by atoms with Crippen LogP contribution >= 0.6 is 23.2 Å². The van der Waals surface area contributed by atoms with Crippen molar-refractivity contribution in [3.05, 3.63) is 69.2 Å². The molecule has 2 aliphatic rings. The van der Waals surface area contributed by atoms with Crippen LogP contribution < -0.4 is 0 Å². The summed E-state index contributed by atoms with van der Waals surface area (Å²) in [6, 6.07) is 8.21. The normalized spacial score (nSPS) is 21.7. The summed E-state index contributed by atoms with van der Waals surface area (Å²) in [7, 11) is 1.36. The topological polar surface area (TPSA) is 53.1 Å². The number of hydrogen-bond acceptors (Lipinski definition) is 5. The van der Waals surface area contributed by atoms with Gasteiger partial charge < -0.3 is 9.64 Å². The Hall–Kier alpha value is -2.26. The van der Waals surface area contributed by atoms with Gasteiger partial charge in [0.2, 0.25) is 5.91 Å². The number of carbonyl (C=O) groups excluding carboxylic acids is 2. The Morgan fingerprint density at radius 3 is 2.31 bits per heavy atom. The molecule has 6 nitrogen and oxygen atoms in total. The maximum Gasteiger partial charge on any atom is 0.323 e. The highest BCUT2D eigenvalue weighted by molar-refractivity contribution is 6.35. The second-order valence-electron chi connectivity index (χ2n) is 11.3. The predicted molar refractivity (Wildman–Crippen MR) is 148 cm³/mol. The predicted octanol–water partition coefficient (Wildman–Crippen LogP) is 5.01. The molecule has 2 aliphatic heterocycles. The standard InChI is InChI=1S/C29H35Cl2F2N3O3/c1-29(2,3)36-16-22(21-8-7-20(32)15-25(21)33)23(17-36)27(37)35-11-9-34(10-12-35)26(28(38)39-4)13-18-5-6-19(30)14-24(18)31/h5-8,14-15,22-23,26H,9-13,16-17H2,1-4H3/t22-,23+,26-/m0/s1. The lowest BCUT2D eigenvalue weighted by molar-refractivity contribution is -0.148. The monoisotopic (exact) mass is 581 g/mol. The molecule has 2 saturated heterocycles. The third-order valence-electron chi connectivity index (χ3n) is 7.92. The molecule has 0 saturated carbocycles. The van der Waals surface area contributed by atoms with E-state index in [9.17, 15) is 18.4 Å². The molecule has 2 heterocycles. The highest BCUT2D eigenvalue weighted by atomic mass is 35.5. The Bertz CT molecular complexity index is 1210. The lowest BCUT2D eigenvalue weighted by Crippen LogP contribution is -2.56. The number of rotatable bonds is 6. The van der Waals surface area contributed by atoms with E-state index in [1.54, 1.807) is 23.1 Å². The Balaban J connectivity index is 1.49. The highest BCUT2D eigenvalue weighted by Gasteiger charge is 2.45. The molecule has 2 aromatic carbocycles. The van der Waals surface area contributed by atoms with Crippen molar-refractivity contribution < 1.29 is 23.1 Å². The quantitative estimate of drug-likeness (QED) is 0.449. The highest BCUT2D eigenvalue weighted by Crippen LogP contribution is 2.38. The van der Waals surface area contributed by atoms with Crippen molar-refractivity contribution in [2.75, 3.05) is 46.4 Å². The van der Waals surface area contributed by atoms with Crippen molar-refractivity contribution in [3.63, 3.8) is 0 Å². The van der Waals surface area contributed by atoms with E-state index in [2.05, 4.69) is 25.7 Å². The largest absolute Gasteiger partial charge is 0.468 e. The van der Waals surface area contributed by atoms with E-state index in [4.69, 9.17) is 27.9 Å². The average molecular weight is 583 g/mol. The first-order valence-corrected chi connectivity index (χ1v) is 13.9. The molecule has 0 spiro atoms. The summed E-state index contributed by atoms with van der Waals surface area (Å²) in [5, 5.41) is 0.996. The number of carbonyl (C=O) groups is 2. The first kappa shape index (κ1) is 29.7. The van der Waals surface area contributed by atoms with Crippen LogP contribution in [0.25, 0.3) is 0 Å². The Kier molecular flexibility index (Phi) is 9.21. The smallest absolute Gasteiger partial charge is 0.323 e. The zero-order valence-electron chi connectivity index (χ0n) is 22.7. The van der Waals surface area contributed by atoms with Crippen LogP contribution in [0.4, 0.5) is 8.78 Å². The van der Waals surface area contributed by atoms with Crippen LogP contribution in [0, 0.1) is 17.6 Å². The van der Waals surface area contributed by atoms with Crippen LogP contribution in [-0.2, 0) is 20.7 Å². The molecular weight excluding hydrogens is 547 g/mol. The van der Waals surface area contributed by atoms with E-state index in [-0.39, 0.29) is 23.3 Å². The molecule has 0 bridgehead atoms. The Morgan fingerprint density at radius 2 is 1.72 bits per heavy atom. The van der Waals surface area contributed by atoms with Crippen molar-refractivity contribution in [1.29, 1.82) is 0 Å². The molecule has 1 amide bonds. The summed E-state index contributed by atoms with van der Waals surface area (Å²) in [6.07, 6.45) is 0.353. The number of hydrogen-bond donors (Lipinski definition) is 0. The summed E-state index contributed by atoms with van der Waals surface area (Å²) in [4.78, 5) is 32.5. The zero-order valence-corrected chi connectivity index (χ0v) is 24.2. The van der Waals surface area contributed by atoms with Gasteiger partial charge in [-0.1, -0.05) is 35.3 Å². The summed E-state index contributed by atoms with van der Waals surface area (Å²) in [5.74, 6) is -2.53. The zero-order chi connectivity index (χ0) is 28.5. The van der Waals surface area contributed by atoms with E-state index in [1.165, 1.54) is 19.2 Å². The van der Waals surface area contributed by atoms with Crippen LogP contribution in [-0.4, -0.2) is 84.5 Å². The van der Waals surface area contributed by atoms with E-state index in [0.717, 1.165) is 11.6 Å². The molecule has 0 radical (unpaired) electrons. The molecule has 0 N–H and O–H groups in total. The van der Waals surface area contributed by atoms with Crippen LogP contribution in [0.5, 0.6) is 0 Å². The number of esters is 1. The van der Waals surface area contributed by atoms with Gasteiger partial charge in [-0.2, -0.15) is 0 Å². The van der Waals surface area contributed by atoms with Gasteiger partial charge in [0.05, 0.1) is 13.0 Å². The first-order valence-electron chi connectivity index (χ1n) is 13.1. The molecule has 39 heavy (non-hydrogen) atoms. The van der Waals surface area contributed by atoms with Gasteiger partial charge in [-0.15, -0.1) is 0 Å². The Morgan fingerprint density at radius 1 is 1.03 bits per heavy atom.